The van der Waals surface area contributed by atoms with Crippen molar-refractivity contribution in [1.82, 2.24) is 14.8 Å². The van der Waals surface area contributed by atoms with E-state index in [1.807, 2.05) is 42.5 Å². The molecule has 0 bridgehead atoms. The van der Waals surface area contributed by atoms with E-state index in [4.69, 9.17) is 9.47 Å². The predicted molar refractivity (Wildman–Crippen MR) is 107 cm³/mol. The fraction of sp³-hybridized carbons (Fsp3) is 0.286. The third-order valence-corrected chi connectivity index (χ3v) is 5.89. The van der Waals surface area contributed by atoms with Crippen molar-refractivity contribution >= 4 is 17.7 Å². The molecule has 28 heavy (non-hydrogen) atoms. The maximum absolute atomic E-state index is 11.9. The lowest BCUT2D eigenvalue weighted by Crippen LogP contribution is -2.12. The minimum atomic E-state index is -0.219. The molecule has 0 N–H and O–H groups in total. The molecule has 144 valence electrons. The molecule has 2 aromatic carbocycles. The summed E-state index contributed by atoms with van der Waals surface area (Å²) in [5.41, 5.74) is 2.20. The number of nitrogens with zero attached hydrogens (tertiary/aromatic N) is 3. The zero-order valence-corrected chi connectivity index (χ0v) is 16.4. The number of ether oxygens (including phenoxy) is 2. The Morgan fingerprint density at radius 2 is 1.93 bits per heavy atom. The van der Waals surface area contributed by atoms with Gasteiger partial charge in [0.05, 0.1) is 13.7 Å². The summed E-state index contributed by atoms with van der Waals surface area (Å²) in [5, 5.41) is 9.32. The number of hydrogen-bond acceptors (Lipinski definition) is 6. The molecule has 1 saturated heterocycles. The van der Waals surface area contributed by atoms with Crippen LogP contribution < -0.4 is 4.74 Å². The average molecular weight is 395 g/mol. The van der Waals surface area contributed by atoms with E-state index in [-0.39, 0.29) is 11.2 Å². The maximum atomic E-state index is 11.9. The van der Waals surface area contributed by atoms with Crippen LogP contribution in [0.4, 0.5) is 0 Å². The van der Waals surface area contributed by atoms with Gasteiger partial charge in [-0.3, -0.25) is 4.79 Å². The Bertz CT molecular complexity index is 941. The van der Waals surface area contributed by atoms with Crippen LogP contribution in [0.25, 0.3) is 11.4 Å². The molecule has 0 spiro atoms. The number of esters is 1. The second kappa shape index (κ2) is 8.48. The molecule has 0 amide bonds. The Morgan fingerprint density at radius 1 is 1.14 bits per heavy atom. The van der Waals surface area contributed by atoms with E-state index in [1.165, 1.54) is 17.3 Å². The maximum Gasteiger partial charge on any atom is 0.319 e. The van der Waals surface area contributed by atoms with Crippen LogP contribution >= 0.6 is 11.8 Å². The number of aryl methyl sites for hydroxylation is 1. The largest absolute Gasteiger partial charge is 0.497 e. The van der Waals surface area contributed by atoms with Crippen LogP contribution in [0, 0.1) is 0 Å². The van der Waals surface area contributed by atoms with Crippen LogP contribution in [0.2, 0.25) is 0 Å². The number of methoxy groups -OCH3 is 1. The summed E-state index contributed by atoms with van der Waals surface area (Å²) < 4.78 is 12.4. The molecule has 6 nitrogen and oxygen atoms in total. The van der Waals surface area contributed by atoms with E-state index in [9.17, 15) is 4.79 Å². The van der Waals surface area contributed by atoms with Gasteiger partial charge in [-0.05, 0) is 36.2 Å². The van der Waals surface area contributed by atoms with Gasteiger partial charge < -0.3 is 14.0 Å². The first kappa shape index (κ1) is 18.6. The summed E-state index contributed by atoms with van der Waals surface area (Å²) in [4.78, 5) is 11.9. The van der Waals surface area contributed by atoms with Gasteiger partial charge >= 0.3 is 5.97 Å². The molecule has 1 atom stereocenters. The lowest BCUT2D eigenvalue weighted by atomic mass is 10.1. The van der Waals surface area contributed by atoms with E-state index in [1.54, 1.807) is 7.11 Å². The molecule has 0 aliphatic carbocycles. The molecular weight excluding hydrogens is 374 g/mol. The van der Waals surface area contributed by atoms with Crippen molar-refractivity contribution in [3.8, 4) is 17.1 Å². The monoisotopic (exact) mass is 395 g/mol. The molecule has 4 rings (SSSR count). The van der Waals surface area contributed by atoms with Gasteiger partial charge in [-0.2, -0.15) is 0 Å². The van der Waals surface area contributed by atoms with E-state index in [0.29, 0.717) is 13.0 Å². The third kappa shape index (κ3) is 4.04. The zero-order valence-electron chi connectivity index (χ0n) is 15.6. The summed E-state index contributed by atoms with van der Waals surface area (Å²) in [5.74, 6) is 1.41. The Morgan fingerprint density at radius 3 is 2.61 bits per heavy atom. The number of aromatic nitrogens is 3. The van der Waals surface area contributed by atoms with E-state index in [0.717, 1.165) is 35.3 Å². The van der Waals surface area contributed by atoms with E-state index >= 15 is 0 Å². The van der Waals surface area contributed by atoms with Gasteiger partial charge in [0.25, 0.3) is 0 Å². The lowest BCUT2D eigenvalue weighted by Gasteiger charge is -2.12. The van der Waals surface area contributed by atoms with E-state index in [2.05, 4.69) is 26.9 Å². The highest BCUT2D eigenvalue weighted by atomic mass is 32.2. The Kier molecular flexibility index (Phi) is 5.62. The molecule has 7 heteroatoms. The van der Waals surface area contributed by atoms with Crippen molar-refractivity contribution in [2.45, 2.75) is 29.8 Å². The van der Waals surface area contributed by atoms with Crippen molar-refractivity contribution in [3.05, 3.63) is 60.2 Å². The Hall–Kier alpha value is -2.80. The van der Waals surface area contributed by atoms with E-state index < -0.39 is 0 Å². The first-order chi connectivity index (χ1) is 13.7. The molecule has 0 radical (unpaired) electrons. The topological polar surface area (TPSA) is 66.2 Å². The lowest BCUT2D eigenvalue weighted by molar-refractivity contribution is -0.137. The van der Waals surface area contributed by atoms with Crippen molar-refractivity contribution in [1.29, 1.82) is 0 Å². The summed E-state index contributed by atoms with van der Waals surface area (Å²) in [7, 11) is 1.65. The molecule has 3 aromatic rings. The Balaban J connectivity index is 1.63. The summed E-state index contributed by atoms with van der Waals surface area (Å²) in [6, 6.07) is 18.1. The van der Waals surface area contributed by atoms with Crippen molar-refractivity contribution < 1.29 is 14.3 Å². The first-order valence-corrected chi connectivity index (χ1v) is 10.1. The molecule has 0 unspecified atom stereocenters. The van der Waals surface area contributed by atoms with Crippen molar-refractivity contribution in [2.24, 2.45) is 0 Å². The second-order valence-electron chi connectivity index (χ2n) is 6.48. The van der Waals surface area contributed by atoms with Gasteiger partial charge in [-0.25, -0.2) is 0 Å². The molecule has 1 aliphatic heterocycles. The predicted octanol–water partition coefficient (Wildman–Crippen LogP) is 3.60. The number of hydrogen-bond donors (Lipinski definition) is 0. The van der Waals surface area contributed by atoms with Crippen LogP contribution in [0.1, 0.15) is 12.0 Å². The highest BCUT2D eigenvalue weighted by Gasteiger charge is 2.30. The number of carbonyl (C=O) groups excluding carboxylic acids is 1. The number of rotatable bonds is 7. The van der Waals surface area contributed by atoms with Crippen LogP contribution in [0.3, 0.4) is 0 Å². The van der Waals surface area contributed by atoms with Crippen LogP contribution in [-0.2, 0) is 22.5 Å². The normalized spacial score (nSPS) is 16.2. The highest BCUT2D eigenvalue weighted by molar-refractivity contribution is 8.00. The molecular formula is C21H21N3O3S. The number of carbonyl (C=O) groups is 1. The SMILES string of the molecule is COc1ccc(-c2nnc(S[C@H]3CCOC3=O)n2CCc2ccccc2)cc1. The quantitative estimate of drug-likeness (QED) is 0.570. The van der Waals surface area contributed by atoms with Gasteiger partial charge in [0.2, 0.25) is 0 Å². The van der Waals surface area contributed by atoms with Crippen LogP contribution in [0.15, 0.2) is 59.8 Å². The molecule has 1 aromatic heterocycles. The van der Waals surface area contributed by atoms with Crippen LogP contribution in [0.5, 0.6) is 5.75 Å². The van der Waals surface area contributed by atoms with Gasteiger partial charge in [0.1, 0.15) is 11.0 Å². The number of cyclic esters (lactones) is 1. The molecule has 2 heterocycles. The summed E-state index contributed by atoms with van der Waals surface area (Å²) in [6.07, 6.45) is 1.55. The number of benzene rings is 2. The minimum Gasteiger partial charge on any atom is -0.497 e. The standard InChI is InChI=1S/C21H21N3O3S/c1-26-17-9-7-16(8-10-17)19-22-23-21(28-18-12-14-27-20(18)25)24(19)13-11-15-5-3-2-4-6-15/h2-10,18H,11-14H2,1H3/t18-/m0/s1. The summed E-state index contributed by atoms with van der Waals surface area (Å²) in [6.45, 7) is 1.20. The van der Waals surface area contributed by atoms with Gasteiger partial charge in [-0.15, -0.1) is 10.2 Å². The fourth-order valence-electron chi connectivity index (χ4n) is 3.13. The van der Waals surface area contributed by atoms with Gasteiger partial charge in [0, 0.05) is 18.5 Å². The van der Waals surface area contributed by atoms with Crippen LogP contribution in [-0.4, -0.2) is 39.7 Å². The molecule has 1 aliphatic rings. The van der Waals surface area contributed by atoms with Crippen molar-refractivity contribution in [2.75, 3.05) is 13.7 Å². The van der Waals surface area contributed by atoms with Crippen molar-refractivity contribution in [3.63, 3.8) is 0 Å². The number of thioether (sulfide) groups is 1. The fourth-order valence-corrected chi connectivity index (χ4v) is 4.15. The first-order valence-electron chi connectivity index (χ1n) is 9.19. The highest BCUT2D eigenvalue weighted by Crippen LogP contribution is 2.31. The average Bonchev–Trinajstić information content (AvgIpc) is 3.33. The molecule has 0 saturated carbocycles. The zero-order chi connectivity index (χ0) is 19.3. The third-order valence-electron chi connectivity index (χ3n) is 4.67. The van der Waals surface area contributed by atoms with Gasteiger partial charge in [-0.1, -0.05) is 42.1 Å². The molecule has 1 fully saturated rings. The van der Waals surface area contributed by atoms with Gasteiger partial charge in [0.15, 0.2) is 11.0 Å². The smallest absolute Gasteiger partial charge is 0.319 e. The minimum absolute atomic E-state index is 0.173. The second-order valence-corrected chi connectivity index (χ2v) is 7.65. The Labute approximate surface area is 167 Å². The summed E-state index contributed by atoms with van der Waals surface area (Å²) >= 11 is 1.43.